The molecule has 1 aliphatic rings. The van der Waals surface area contributed by atoms with Crippen molar-refractivity contribution >= 4 is 11.6 Å². The molecule has 0 aliphatic carbocycles. The number of nitrogens with zero attached hydrogens (tertiary/aromatic N) is 2. The van der Waals surface area contributed by atoms with Crippen LogP contribution in [0.3, 0.4) is 0 Å². The fourth-order valence-electron chi connectivity index (χ4n) is 3.84. The number of ether oxygens (including phenoxy) is 2. The lowest BCUT2D eigenvalue weighted by Gasteiger charge is -2.26. The van der Waals surface area contributed by atoms with Crippen LogP contribution < -0.4 is 15.2 Å². The number of nitrogens with one attached hydrogen (secondary N) is 1. The quantitative estimate of drug-likeness (QED) is 0.602. The van der Waals surface area contributed by atoms with Gasteiger partial charge in [0.15, 0.2) is 0 Å². The first-order chi connectivity index (χ1) is 14.8. The van der Waals surface area contributed by atoms with Crippen molar-refractivity contribution < 1.29 is 13.9 Å². The summed E-state index contributed by atoms with van der Waals surface area (Å²) in [4.78, 5) is 0. The molecule has 0 radical (unpaired) electrons. The van der Waals surface area contributed by atoms with E-state index in [9.17, 15) is 9.65 Å². The number of fused-ring (bicyclic) bond motifs is 1. The molecular formula is C23H20ClFN4O2. The van der Waals surface area contributed by atoms with Gasteiger partial charge in [0.2, 0.25) is 11.8 Å². The van der Waals surface area contributed by atoms with E-state index in [0.717, 1.165) is 33.5 Å². The van der Waals surface area contributed by atoms with Crippen LogP contribution in [0.15, 0.2) is 41.8 Å². The molecule has 3 N–H and O–H groups in total. The summed E-state index contributed by atoms with van der Waals surface area (Å²) in [5.74, 6) is -0.0330. The topological polar surface area (TPSA) is 97.0 Å². The van der Waals surface area contributed by atoms with Gasteiger partial charge in [0.05, 0.1) is 10.9 Å². The Bertz CT molecular complexity index is 1260. The lowest BCUT2D eigenvalue weighted by molar-refractivity contribution is 0.305. The zero-order valence-electron chi connectivity index (χ0n) is 17.2. The smallest absolute Gasteiger partial charge is 0.244 e. The maximum atomic E-state index is 13.3. The van der Waals surface area contributed by atoms with Gasteiger partial charge in [-0.05, 0) is 61.2 Å². The van der Waals surface area contributed by atoms with Crippen LogP contribution >= 0.6 is 11.6 Å². The molecule has 1 atom stereocenters. The normalized spacial score (nSPS) is 15.3. The van der Waals surface area contributed by atoms with Gasteiger partial charge in [-0.3, -0.25) is 5.10 Å². The molecule has 2 aromatic carbocycles. The Balaban J connectivity index is 1.76. The molecule has 2 heterocycles. The Morgan fingerprint density at radius 2 is 2.03 bits per heavy atom. The van der Waals surface area contributed by atoms with Crippen LogP contribution in [0, 0.1) is 37.9 Å². The molecule has 1 unspecified atom stereocenters. The summed E-state index contributed by atoms with van der Waals surface area (Å²) in [5, 5.41) is 17.1. The SMILES string of the molecule is Cc1cc(C)c(C2C(C#N)=C(N)Oc3n[nH]c(C)c32)cc1COc1ccc(F)cc1Cl. The monoisotopic (exact) mass is 438 g/mol. The zero-order chi connectivity index (χ0) is 22.3. The molecule has 8 heteroatoms. The first-order valence-electron chi connectivity index (χ1n) is 9.60. The number of hydrogen-bond acceptors (Lipinski definition) is 5. The molecule has 0 spiro atoms. The minimum atomic E-state index is -0.426. The van der Waals surface area contributed by atoms with Gasteiger partial charge in [-0.1, -0.05) is 23.7 Å². The van der Waals surface area contributed by atoms with E-state index >= 15 is 0 Å². The van der Waals surface area contributed by atoms with Crippen molar-refractivity contribution in [1.82, 2.24) is 10.2 Å². The van der Waals surface area contributed by atoms with Crippen molar-refractivity contribution in [1.29, 1.82) is 5.26 Å². The number of benzene rings is 2. The Morgan fingerprint density at radius 3 is 2.74 bits per heavy atom. The fourth-order valence-corrected chi connectivity index (χ4v) is 4.06. The molecule has 3 aromatic rings. The van der Waals surface area contributed by atoms with Gasteiger partial charge >= 0.3 is 0 Å². The number of nitriles is 1. The van der Waals surface area contributed by atoms with Crippen molar-refractivity contribution in [2.75, 3.05) is 0 Å². The maximum Gasteiger partial charge on any atom is 0.244 e. The molecule has 6 nitrogen and oxygen atoms in total. The first-order valence-corrected chi connectivity index (χ1v) is 9.98. The van der Waals surface area contributed by atoms with Crippen molar-refractivity contribution in [2.45, 2.75) is 33.3 Å². The predicted octanol–water partition coefficient (Wildman–Crippen LogP) is 4.92. The molecule has 1 aliphatic heterocycles. The highest BCUT2D eigenvalue weighted by Gasteiger charge is 2.35. The van der Waals surface area contributed by atoms with E-state index in [1.165, 1.54) is 18.2 Å². The third kappa shape index (κ3) is 3.71. The maximum absolute atomic E-state index is 13.3. The number of rotatable bonds is 4. The Labute approximate surface area is 184 Å². The second-order valence-electron chi connectivity index (χ2n) is 7.49. The highest BCUT2D eigenvalue weighted by Crippen LogP contribution is 2.44. The second-order valence-corrected chi connectivity index (χ2v) is 7.90. The lowest BCUT2D eigenvalue weighted by Crippen LogP contribution is -2.21. The number of allylic oxidation sites excluding steroid dienone is 1. The predicted molar refractivity (Wildman–Crippen MR) is 114 cm³/mol. The Kier molecular flexibility index (Phi) is 5.34. The van der Waals surface area contributed by atoms with Crippen LogP contribution in [0.4, 0.5) is 4.39 Å². The number of H-pyrrole nitrogens is 1. The van der Waals surface area contributed by atoms with Crippen LogP contribution in [-0.4, -0.2) is 10.2 Å². The summed E-state index contributed by atoms with van der Waals surface area (Å²) in [6, 6.07) is 10.2. The average molecular weight is 439 g/mol. The third-order valence-electron chi connectivity index (χ3n) is 5.44. The molecule has 4 rings (SSSR count). The number of nitrogens with two attached hydrogens (primary N) is 1. The molecule has 31 heavy (non-hydrogen) atoms. The molecule has 158 valence electrons. The van der Waals surface area contributed by atoms with Gasteiger partial charge in [0, 0.05) is 11.3 Å². The number of aromatic nitrogens is 2. The van der Waals surface area contributed by atoms with E-state index in [0.29, 0.717) is 17.2 Å². The molecule has 0 fully saturated rings. The molecule has 0 saturated heterocycles. The van der Waals surface area contributed by atoms with E-state index in [4.69, 9.17) is 26.8 Å². The number of aryl methyl sites for hydroxylation is 3. The molecule has 1 aromatic heterocycles. The number of aromatic amines is 1. The van der Waals surface area contributed by atoms with Gasteiger partial charge < -0.3 is 15.2 Å². The highest BCUT2D eigenvalue weighted by atomic mass is 35.5. The molecule has 0 bridgehead atoms. The van der Waals surface area contributed by atoms with Crippen LogP contribution in [0.25, 0.3) is 0 Å². The fraction of sp³-hybridized carbons (Fsp3) is 0.217. The summed E-state index contributed by atoms with van der Waals surface area (Å²) < 4.78 is 24.7. The number of hydrogen-bond donors (Lipinski definition) is 2. The molecular weight excluding hydrogens is 419 g/mol. The summed E-state index contributed by atoms with van der Waals surface area (Å²) >= 11 is 6.08. The third-order valence-corrected chi connectivity index (χ3v) is 5.74. The van der Waals surface area contributed by atoms with Crippen LogP contribution in [0.1, 0.15) is 39.4 Å². The standard InChI is InChI=1S/C23H20ClFN4O2/c1-11-6-12(2)16(7-14(11)10-30-19-5-4-15(25)8-18(19)24)21-17(9-26)22(27)31-23-20(21)13(3)28-29-23/h4-8,21H,10,27H2,1-3H3,(H,28,29). The van der Waals surface area contributed by atoms with Crippen LogP contribution in [0.2, 0.25) is 5.02 Å². The van der Waals surface area contributed by atoms with E-state index in [1.807, 2.05) is 32.9 Å². The minimum Gasteiger partial charge on any atom is -0.487 e. The van der Waals surface area contributed by atoms with Gasteiger partial charge in [-0.25, -0.2) is 4.39 Å². The lowest BCUT2D eigenvalue weighted by atomic mass is 9.81. The van der Waals surface area contributed by atoms with Crippen molar-refractivity contribution in [3.8, 4) is 17.7 Å². The van der Waals surface area contributed by atoms with Crippen molar-refractivity contribution in [3.63, 3.8) is 0 Å². The van der Waals surface area contributed by atoms with Crippen LogP contribution in [-0.2, 0) is 6.61 Å². The largest absolute Gasteiger partial charge is 0.487 e. The van der Waals surface area contributed by atoms with E-state index in [-0.39, 0.29) is 17.5 Å². The summed E-state index contributed by atoms with van der Waals surface area (Å²) in [6.07, 6.45) is 0. The van der Waals surface area contributed by atoms with Gasteiger partial charge in [0.1, 0.15) is 29.8 Å². The van der Waals surface area contributed by atoms with E-state index in [2.05, 4.69) is 16.3 Å². The second kappa shape index (κ2) is 7.97. The van der Waals surface area contributed by atoms with E-state index < -0.39 is 11.7 Å². The van der Waals surface area contributed by atoms with Gasteiger partial charge in [-0.2, -0.15) is 5.26 Å². The zero-order valence-corrected chi connectivity index (χ0v) is 18.0. The van der Waals surface area contributed by atoms with Crippen LogP contribution in [0.5, 0.6) is 11.6 Å². The summed E-state index contributed by atoms with van der Waals surface area (Å²) in [5.41, 5.74) is 11.8. The van der Waals surface area contributed by atoms with Crippen molar-refractivity contribution in [2.24, 2.45) is 5.73 Å². The van der Waals surface area contributed by atoms with Gasteiger partial charge in [-0.15, -0.1) is 5.10 Å². The van der Waals surface area contributed by atoms with Crippen molar-refractivity contribution in [3.05, 3.63) is 86.1 Å². The van der Waals surface area contributed by atoms with E-state index in [1.54, 1.807) is 0 Å². The summed E-state index contributed by atoms with van der Waals surface area (Å²) in [7, 11) is 0. The molecule has 0 amide bonds. The first kappa shape index (κ1) is 20.8. The summed E-state index contributed by atoms with van der Waals surface area (Å²) in [6.45, 7) is 6.07. The Morgan fingerprint density at radius 1 is 1.26 bits per heavy atom. The highest BCUT2D eigenvalue weighted by molar-refractivity contribution is 6.32. The molecule has 0 saturated carbocycles. The van der Waals surface area contributed by atoms with Gasteiger partial charge in [0.25, 0.3) is 0 Å². The average Bonchev–Trinajstić information content (AvgIpc) is 3.08. The Hall–Kier alpha value is -3.50. The number of halogens is 2. The minimum absolute atomic E-state index is 0.0439.